The fourth-order valence-corrected chi connectivity index (χ4v) is 2.27. The van der Waals surface area contributed by atoms with Crippen molar-refractivity contribution in [3.63, 3.8) is 0 Å². The predicted octanol–water partition coefficient (Wildman–Crippen LogP) is 2.74. The molecule has 1 amide bonds. The Morgan fingerprint density at radius 1 is 1.37 bits per heavy atom. The van der Waals surface area contributed by atoms with Crippen molar-refractivity contribution >= 4 is 23.6 Å². The normalized spacial score (nSPS) is 14.7. The van der Waals surface area contributed by atoms with Gasteiger partial charge in [0.25, 0.3) is 5.91 Å². The van der Waals surface area contributed by atoms with Crippen molar-refractivity contribution in [2.75, 3.05) is 12.9 Å². The SMILES string of the molecule is CC=C(C(=O)NC(CC(C)CC)SC)C(=O)OCC. The van der Waals surface area contributed by atoms with E-state index in [0.29, 0.717) is 5.92 Å². The van der Waals surface area contributed by atoms with E-state index in [1.807, 2.05) is 6.26 Å². The number of carbonyl (C=O) groups is 2. The Hall–Kier alpha value is -0.970. The van der Waals surface area contributed by atoms with E-state index in [4.69, 9.17) is 4.74 Å². The van der Waals surface area contributed by atoms with Crippen molar-refractivity contribution in [2.45, 2.75) is 45.9 Å². The number of hydrogen-bond acceptors (Lipinski definition) is 4. The number of ether oxygens (including phenoxy) is 1. The molecule has 2 atom stereocenters. The monoisotopic (exact) mass is 287 g/mol. The van der Waals surface area contributed by atoms with Crippen molar-refractivity contribution in [2.24, 2.45) is 5.92 Å². The number of thioether (sulfide) groups is 1. The zero-order valence-corrected chi connectivity index (χ0v) is 13.3. The van der Waals surface area contributed by atoms with Gasteiger partial charge in [-0.1, -0.05) is 26.3 Å². The molecule has 0 radical (unpaired) electrons. The Labute approximate surface area is 120 Å². The van der Waals surface area contributed by atoms with Crippen molar-refractivity contribution in [1.29, 1.82) is 0 Å². The van der Waals surface area contributed by atoms with Gasteiger partial charge in [-0.15, -0.1) is 11.8 Å². The standard InChI is InChI=1S/C14H25NO3S/c1-6-10(4)9-12(19-5)15-13(16)11(7-2)14(17)18-8-3/h7,10,12H,6,8-9H2,1-5H3,(H,15,16). The summed E-state index contributed by atoms with van der Waals surface area (Å²) in [6, 6.07) is 0. The van der Waals surface area contributed by atoms with Gasteiger partial charge < -0.3 is 10.1 Å². The van der Waals surface area contributed by atoms with Gasteiger partial charge in [-0.2, -0.15) is 0 Å². The fraction of sp³-hybridized carbons (Fsp3) is 0.714. The average molecular weight is 287 g/mol. The first-order chi connectivity index (χ1) is 8.99. The largest absolute Gasteiger partial charge is 0.462 e. The molecule has 0 bridgehead atoms. The number of rotatable bonds is 8. The van der Waals surface area contributed by atoms with Crippen molar-refractivity contribution < 1.29 is 14.3 Å². The summed E-state index contributed by atoms with van der Waals surface area (Å²) in [5, 5.41) is 2.90. The molecule has 5 heteroatoms. The molecule has 0 spiro atoms. The van der Waals surface area contributed by atoms with E-state index in [0.717, 1.165) is 12.8 Å². The highest BCUT2D eigenvalue weighted by molar-refractivity contribution is 7.99. The third kappa shape index (κ3) is 6.66. The summed E-state index contributed by atoms with van der Waals surface area (Å²) in [6.45, 7) is 7.92. The first kappa shape index (κ1) is 18.0. The minimum absolute atomic E-state index is 0.0202. The van der Waals surface area contributed by atoms with Crippen LogP contribution in [0.1, 0.15) is 40.5 Å². The van der Waals surface area contributed by atoms with Crippen molar-refractivity contribution in [3.8, 4) is 0 Å². The van der Waals surface area contributed by atoms with E-state index in [1.54, 1.807) is 25.6 Å². The molecule has 1 N–H and O–H groups in total. The molecule has 0 aromatic carbocycles. The minimum Gasteiger partial charge on any atom is -0.462 e. The molecule has 19 heavy (non-hydrogen) atoms. The maximum atomic E-state index is 12.0. The first-order valence-electron chi connectivity index (χ1n) is 6.67. The minimum atomic E-state index is -0.564. The Balaban J connectivity index is 4.58. The molecule has 0 aliphatic heterocycles. The lowest BCUT2D eigenvalue weighted by molar-refractivity contribution is -0.140. The molecule has 0 heterocycles. The van der Waals surface area contributed by atoms with Crippen LogP contribution in [0.2, 0.25) is 0 Å². The van der Waals surface area contributed by atoms with E-state index in [9.17, 15) is 9.59 Å². The summed E-state index contributed by atoms with van der Waals surface area (Å²) < 4.78 is 4.86. The second kappa shape index (κ2) is 9.89. The molecule has 0 aromatic rings. The lowest BCUT2D eigenvalue weighted by Gasteiger charge is -2.20. The maximum Gasteiger partial charge on any atom is 0.343 e. The van der Waals surface area contributed by atoms with Crippen LogP contribution in [-0.2, 0) is 14.3 Å². The van der Waals surface area contributed by atoms with Gasteiger partial charge in [0.1, 0.15) is 5.57 Å². The summed E-state index contributed by atoms with van der Waals surface area (Å²) in [6.07, 6.45) is 5.41. The lowest BCUT2D eigenvalue weighted by atomic mass is 10.1. The van der Waals surface area contributed by atoms with Gasteiger partial charge in [-0.25, -0.2) is 4.79 Å². The molecule has 0 fully saturated rings. The number of nitrogens with one attached hydrogen (secondary N) is 1. The molecule has 110 valence electrons. The summed E-state index contributed by atoms with van der Waals surface area (Å²) in [5.41, 5.74) is 0.0741. The lowest BCUT2D eigenvalue weighted by Crippen LogP contribution is -2.36. The van der Waals surface area contributed by atoms with Crippen LogP contribution in [-0.4, -0.2) is 30.1 Å². The van der Waals surface area contributed by atoms with Crippen LogP contribution in [0.5, 0.6) is 0 Å². The molecular weight excluding hydrogens is 262 g/mol. The zero-order chi connectivity index (χ0) is 14.8. The van der Waals surface area contributed by atoms with Gasteiger partial charge in [-0.05, 0) is 32.4 Å². The van der Waals surface area contributed by atoms with Crippen molar-refractivity contribution in [3.05, 3.63) is 11.6 Å². The maximum absolute atomic E-state index is 12.0. The van der Waals surface area contributed by atoms with E-state index in [1.165, 1.54) is 6.08 Å². The van der Waals surface area contributed by atoms with Gasteiger partial charge >= 0.3 is 5.97 Å². The fourth-order valence-electron chi connectivity index (χ4n) is 1.52. The quantitative estimate of drug-likeness (QED) is 0.245. The number of hydrogen-bond donors (Lipinski definition) is 1. The predicted molar refractivity (Wildman–Crippen MR) is 79.9 cm³/mol. The molecule has 4 nitrogen and oxygen atoms in total. The second-order valence-corrected chi connectivity index (χ2v) is 5.41. The summed E-state index contributed by atoms with van der Waals surface area (Å²) in [5.74, 6) is -0.385. The molecule has 0 saturated carbocycles. The van der Waals surface area contributed by atoms with Crippen molar-refractivity contribution in [1.82, 2.24) is 5.32 Å². The number of esters is 1. The van der Waals surface area contributed by atoms with E-state index in [-0.39, 0.29) is 23.5 Å². The Morgan fingerprint density at radius 3 is 2.42 bits per heavy atom. The van der Waals surface area contributed by atoms with Crippen LogP contribution in [0.25, 0.3) is 0 Å². The van der Waals surface area contributed by atoms with Crippen LogP contribution in [0.15, 0.2) is 11.6 Å². The smallest absolute Gasteiger partial charge is 0.343 e. The summed E-state index contributed by atoms with van der Waals surface area (Å²) in [7, 11) is 0. The van der Waals surface area contributed by atoms with Gasteiger partial charge in [0.05, 0.1) is 12.0 Å². The van der Waals surface area contributed by atoms with Crippen LogP contribution >= 0.6 is 11.8 Å². The van der Waals surface area contributed by atoms with Gasteiger partial charge in [-0.3, -0.25) is 4.79 Å². The van der Waals surface area contributed by atoms with Gasteiger partial charge in [0.2, 0.25) is 0 Å². The van der Waals surface area contributed by atoms with E-state index < -0.39 is 5.97 Å². The van der Waals surface area contributed by atoms with Gasteiger partial charge in [0, 0.05) is 0 Å². The van der Waals surface area contributed by atoms with Crippen LogP contribution < -0.4 is 5.32 Å². The third-order valence-corrected chi connectivity index (χ3v) is 3.80. The molecule has 2 unspecified atom stereocenters. The Morgan fingerprint density at radius 2 is 2.00 bits per heavy atom. The number of carbonyl (C=O) groups excluding carboxylic acids is 2. The highest BCUT2D eigenvalue weighted by Gasteiger charge is 2.21. The van der Waals surface area contributed by atoms with Crippen LogP contribution in [0, 0.1) is 5.92 Å². The molecule has 0 aliphatic carbocycles. The van der Waals surface area contributed by atoms with Gasteiger partial charge in [0.15, 0.2) is 0 Å². The summed E-state index contributed by atoms with van der Waals surface area (Å²) >= 11 is 1.58. The molecule has 0 aromatic heterocycles. The van der Waals surface area contributed by atoms with E-state index >= 15 is 0 Å². The second-order valence-electron chi connectivity index (χ2n) is 4.37. The van der Waals surface area contributed by atoms with Crippen LogP contribution in [0.3, 0.4) is 0 Å². The average Bonchev–Trinajstić information content (AvgIpc) is 2.38. The number of allylic oxidation sites excluding steroid dienone is 1. The van der Waals surface area contributed by atoms with E-state index in [2.05, 4.69) is 19.2 Å². The molecule has 0 aliphatic rings. The third-order valence-electron chi connectivity index (χ3n) is 2.92. The zero-order valence-electron chi connectivity index (χ0n) is 12.5. The first-order valence-corrected chi connectivity index (χ1v) is 7.95. The summed E-state index contributed by atoms with van der Waals surface area (Å²) in [4.78, 5) is 23.6. The molecular formula is C14H25NO3S. The highest BCUT2D eigenvalue weighted by atomic mass is 32.2. The molecule has 0 saturated heterocycles. The topological polar surface area (TPSA) is 55.4 Å². The number of amides is 1. The highest BCUT2D eigenvalue weighted by Crippen LogP contribution is 2.17. The Kier molecular flexibility index (Phi) is 9.39. The van der Waals surface area contributed by atoms with Crippen LogP contribution in [0.4, 0.5) is 0 Å². The Bertz CT molecular complexity index is 329. The molecule has 0 rings (SSSR count).